The molecule has 0 aliphatic carbocycles. The van der Waals surface area contributed by atoms with Gasteiger partial charge in [0.15, 0.2) is 11.5 Å². The summed E-state index contributed by atoms with van der Waals surface area (Å²) in [5.41, 5.74) is 0. The van der Waals surface area contributed by atoms with Crippen LogP contribution in [0.3, 0.4) is 0 Å². The minimum atomic E-state index is -0.117. The van der Waals surface area contributed by atoms with Gasteiger partial charge in [-0.15, -0.1) is 0 Å². The van der Waals surface area contributed by atoms with Crippen LogP contribution in [0.5, 0.6) is 0 Å². The third-order valence-corrected chi connectivity index (χ3v) is 1.07. The van der Waals surface area contributed by atoms with Gasteiger partial charge in [-0.3, -0.25) is 4.79 Å². The number of nitrogens with one attached hydrogen (secondary N) is 1. The van der Waals surface area contributed by atoms with Crippen LogP contribution in [0.1, 0.15) is 17.5 Å². The highest BCUT2D eigenvalue weighted by Gasteiger charge is 2.04. The summed E-state index contributed by atoms with van der Waals surface area (Å²) in [6.45, 7) is 1.43. The average Bonchev–Trinajstić information content (AvgIpc) is 2.34. The van der Waals surface area contributed by atoms with Gasteiger partial charge in [-0.25, -0.2) is 4.98 Å². The van der Waals surface area contributed by atoms with E-state index in [0.29, 0.717) is 6.01 Å². The molecule has 0 radical (unpaired) electrons. The molecule has 0 saturated carbocycles. The maximum atomic E-state index is 10.6. The van der Waals surface area contributed by atoms with E-state index >= 15 is 0 Å². The van der Waals surface area contributed by atoms with E-state index in [2.05, 4.69) is 10.3 Å². The Kier molecular flexibility index (Phi) is 1.71. The molecule has 1 aromatic heterocycles. The second-order valence-electron chi connectivity index (χ2n) is 1.84. The molecule has 54 valence electrons. The number of hydrogen-bond acceptors (Lipinski definition) is 4. The Bertz CT molecular complexity index is 242. The van der Waals surface area contributed by atoms with Crippen molar-refractivity contribution in [2.75, 3.05) is 12.4 Å². The summed E-state index contributed by atoms with van der Waals surface area (Å²) < 4.78 is 4.92. The summed E-state index contributed by atoms with van der Waals surface area (Å²) >= 11 is 0. The lowest BCUT2D eigenvalue weighted by molar-refractivity contribution is 0.0988. The number of ketones is 1. The van der Waals surface area contributed by atoms with Crippen molar-refractivity contribution in [2.24, 2.45) is 0 Å². The highest BCUT2D eigenvalue weighted by atomic mass is 16.4. The number of rotatable bonds is 2. The molecule has 0 aliphatic heterocycles. The summed E-state index contributed by atoms with van der Waals surface area (Å²) in [6, 6.07) is 0.366. The number of anilines is 1. The summed E-state index contributed by atoms with van der Waals surface area (Å²) in [5.74, 6) is 0.165. The molecule has 0 spiro atoms. The van der Waals surface area contributed by atoms with Crippen LogP contribution < -0.4 is 5.32 Å². The molecule has 4 heteroatoms. The number of hydrogen-bond donors (Lipinski definition) is 1. The summed E-state index contributed by atoms with van der Waals surface area (Å²) in [5, 5.41) is 2.67. The molecule has 0 fully saturated rings. The van der Waals surface area contributed by atoms with Crippen LogP contribution >= 0.6 is 0 Å². The van der Waals surface area contributed by atoms with Gasteiger partial charge in [0.1, 0.15) is 0 Å². The minimum absolute atomic E-state index is 0.117. The second-order valence-corrected chi connectivity index (χ2v) is 1.84. The van der Waals surface area contributed by atoms with Gasteiger partial charge in [-0.05, 0) is 0 Å². The zero-order chi connectivity index (χ0) is 7.56. The predicted octanol–water partition coefficient (Wildman–Crippen LogP) is 0.919. The molecule has 1 heterocycles. The Hall–Kier alpha value is -1.32. The van der Waals surface area contributed by atoms with Crippen LogP contribution in [0.4, 0.5) is 6.01 Å². The van der Waals surface area contributed by atoms with Gasteiger partial charge in [0, 0.05) is 14.0 Å². The molecule has 4 nitrogen and oxygen atoms in total. The van der Waals surface area contributed by atoms with Crippen LogP contribution in [0.15, 0.2) is 10.6 Å². The Balaban J connectivity index is 2.88. The lowest BCUT2D eigenvalue weighted by atomic mass is 10.4. The average molecular weight is 140 g/mol. The van der Waals surface area contributed by atoms with Crippen molar-refractivity contribution in [2.45, 2.75) is 6.92 Å². The van der Waals surface area contributed by atoms with Crippen molar-refractivity contribution in [3.05, 3.63) is 12.0 Å². The first-order valence-corrected chi connectivity index (χ1v) is 2.88. The number of nitrogens with zero attached hydrogens (tertiary/aromatic N) is 1. The van der Waals surface area contributed by atoms with Gasteiger partial charge in [-0.2, -0.15) is 0 Å². The van der Waals surface area contributed by atoms with Crippen molar-refractivity contribution >= 4 is 11.8 Å². The predicted molar refractivity (Wildman–Crippen MR) is 36.1 cm³/mol. The minimum Gasteiger partial charge on any atom is -0.420 e. The number of oxazole rings is 1. The van der Waals surface area contributed by atoms with Crippen LogP contribution in [0, 0.1) is 0 Å². The Morgan fingerprint density at radius 1 is 1.80 bits per heavy atom. The molecular weight excluding hydrogens is 132 g/mol. The van der Waals surface area contributed by atoms with Gasteiger partial charge < -0.3 is 9.73 Å². The van der Waals surface area contributed by atoms with Crippen molar-refractivity contribution in [1.82, 2.24) is 4.98 Å². The van der Waals surface area contributed by atoms with Crippen LogP contribution in [-0.4, -0.2) is 17.8 Å². The molecular formula is C6H8N2O2. The lowest BCUT2D eigenvalue weighted by Crippen LogP contribution is -1.87. The zero-order valence-electron chi connectivity index (χ0n) is 5.84. The second kappa shape index (κ2) is 2.51. The van der Waals surface area contributed by atoms with E-state index < -0.39 is 0 Å². The first-order valence-electron chi connectivity index (χ1n) is 2.88. The monoisotopic (exact) mass is 140 g/mol. The Labute approximate surface area is 58.3 Å². The summed E-state index contributed by atoms with van der Waals surface area (Å²) in [6.07, 6.45) is 1.40. The first-order chi connectivity index (χ1) is 4.74. The number of carbonyl (C=O) groups is 1. The summed E-state index contributed by atoms with van der Waals surface area (Å²) in [4.78, 5) is 14.4. The maximum Gasteiger partial charge on any atom is 0.294 e. The summed E-state index contributed by atoms with van der Waals surface area (Å²) in [7, 11) is 1.68. The fraction of sp³-hybridized carbons (Fsp3) is 0.333. The molecule has 0 bridgehead atoms. The quantitative estimate of drug-likeness (QED) is 0.620. The van der Waals surface area contributed by atoms with Gasteiger partial charge in [0.05, 0.1) is 6.20 Å². The van der Waals surface area contributed by atoms with Gasteiger partial charge in [-0.1, -0.05) is 0 Å². The van der Waals surface area contributed by atoms with E-state index in [9.17, 15) is 4.79 Å². The Morgan fingerprint density at radius 3 is 2.80 bits per heavy atom. The molecule has 0 atom stereocenters. The van der Waals surface area contributed by atoms with Gasteiger partial charge in [0.2, 0.25) is 0 Å². The number of aromatic nitrogens is 1. The largest absolute Gasteiger partial charge is 0.420 e. The molecule has 1 rings (SSSR count). The first kappa shape index (κ1) is 6.80. The third kappa shape index (κ3) is 1.15. The van der Waals surface area contributed by atoms with Gasteiger partial charge in [0.25, 0.3) is 6.01 Å². The standard InChI is InChI=1S/C6H8N2O2/c1-4(9)5-3-8-6(7-2)10-5/h3H,1-2H3,(H,7,8). The normalized spacial score (nSPS) is 9.40. The van der Waals surface area contributed by atoms with Crippen LogP contribution in [-0.2, 0) is 0 Å². The van der Waals surface area contributed by atoms with E-state index in [1.165, 1.54) is 13.1 Å². The number of Topliss-reactive ketones (excluding diaryl/α,β-unsaturated/α-hetero) is 1. The molecule has 0 saturated heterocycles. The van der Waals surface area contributed by atoms with E-state index in [0.717, 1.165) is 0 Å². The fourth-order valence-corrected chi connectivity index (χ4v) is 0.552. The third-order valence-electron chi connectivity index (χ3n) is 1.07. The van der Waals surface area contributed by atoms with Crippen molar-refractivity contribution in [1.29, 1.82) is 0 Å². The molecule has 0 aliphatic rings. The molecule has 1 aromatic rings. The SMILES string of the molecule is CNc1ncc(C(C)=O)o1. The number of carbonyl (C=O) groups excluding carboxylic acids is 1. The van der Waals surface area contributed by atoms with E-state index in [-0.39, 0.29) is 11.5 Å². The fourth-order valence-electron chi connectivity index (χ4n) is 0.552. The van der Waals surface area contributed by atoms with Crippen LogP contribution in [0.25, 0.3) is 0 Å². The molecule has 0 unspecified atom stereocenters. The topological polar surface area (TPSA) is 55.1 Å². The molecule has 1 N–H and O–H groups in total. The van der Waals surface area contributed by atoms with E-state index in [1.807, 2.05) is 0 Å². The van der Waals surface area contributed by atoms with Crippen molar-refractivity contribution < 1.29 is 9.21 Å². The van der Waals surface area contributed by atoms with Gasteiger partial charge >= 0.3 is 0 Å². The molecule has 0 aromatic carbocycles. The highest BCUT2D eigenvalue weighted by Crippen LogP contribution is 2.07. The lowest BCUT2D eigenvalue weighted by Gasteiger charge is -1.86. The smallest absolute Gasteiger partial charge is 0.294 e. The molecule has 0 amide bonds. The van der Waals surface area contributed by atoms with Crippen LogP contribution in [0.2, 0.25) is 0 Å². The van der Waals surface area contributed by atoms with Crippen molar-refractivity contribution in [3.63, 3.8) is 0 Å². The Morgan fingerprint density at radius 2 is 2.50 bits per heavy atom. The van der Waals surface area contributed by atoms with E-state index in [1.54, 1.807) is 7.05 Å². The maximum absolute atomic E-state index is 10.6. The highest BCUT2D eigenvalue weighted by molar-refractivity contribution is 5.91. The zero-order valence-corrected chi connectivity index (χ0v) is 5.84. The van der Waals surface area contributed by atoms with Crippen molar-refractivity contribution in [3.8, 4) is 0 Å². The molecule has 10 heavy (non-hydrogen) atoms. The van der Waals surface area contributed by atoms with E-state index in [4.69, 9.17) is 4.42 Å².